The van der Waals surface area contributed by atoms with Gasteiger partial charge in [-0.1, -0.05) is 31.9 Å². The number of H-pyrrole nitrogens is 1. The molecule has 0 aromatic carbocycles. The summed E-state index contributed by atoms with van der Waals surface area (Å²) in [7, 11) is 0. The Morgan fingerprint density at radius 3 is 3.00 bits per heavy atom. The first-order chi connectivity index (χ1) is 9.02. The summed E-state index contributed by atoms with van der Waals surface area (Å²) in [4.78, 5) is 26.7. The monoisotopic (exact) mass is 282 g/mol. The van der Waals surface area contributed by atoms with Gasteiger partial charge in [0.15, 0.2) is 10.8 Å². The third kappa shape index (κ3) is 2.82. The Morgan fingerprint density at radius 2 is 2.32 bits per heavy atom. The van der Waals surface area contributed by atoms with Crippen LogP contribution in [0.1, 0.15) is 20.3 Å². The maximum atomic E-state index is 11.9. The van der Waals surface area contributed by atoms with Crippen LogP contribution >= 0.6 is 11.6 Å². The summed E-state index contributed by atoms with van der Waals surface area (Å²) < 4.78 is 0. The maximum Gasteiger partial charge on any atom is 0.243 e. The number of nitrogens with zero attached hydrogens (tertiary/aromatic N) is 3. The van der Waals surface area contributed by atoms with Crippen molar-refractivity contribution in [3.63, 3.8) is 0 Å². The van der Waals surface area contributed by atoms with Crippen molar-refractivity contribution in [2.75, 3.05) is 5.32 Å². The molecule has 0 radical (unpaired) electrons. The minimum absolute atomic E-state index is 0.0737. The lowest BCUT2D eigenvalue weighted by atomic mass is 10.00. The number of hydrogen-bond acceptors (Lipinski definition) is 5. The van der Waals surface area contributed by atoms with Crippen molar-refractivity contribution >= 4 is 34.6 Å². The second-order valence-corrected chi connectivity index (χ2v) is 4.70. The third-order valence-electron chi connectivity index (χ3n) is 3.04. The van der Waals surface area contributed by atoms with Crippen LogP contribution in [0.15, 0.2) is 6.33 Å². The van der Waals surface area contributed by atoms with Crippen LogP contribution in [0.4, 0.5) is 5.95 Å². The Balaban J connectivity index is 2.19. The number of anilines is 1. The SMILES string of the molecule is CCC(C)C(N)C(=O)Nc1nc(Cl)c2[nH]cnc2n1. The Morgan fingerprint density at radius 1 is 1.58 bits per heavy atom. The van der Waals surface area contributed by atoms with Gasteiger partial charge in [-0.05, 0) is 5.92 Å². The summed E-state index contributed by atoms with van der Waals surface area (Å²) in [5, 5.41) is 2.76. The van der Waals surface area contributed by atoms with Crippen molar-refractivity contribution in [1.82, 2.24) is 19.9 Å². The number of carbonyl (C=O) groups excluding carboxylic acids is 1. The number of carbonyl (C=O) groups is 1. The predicted octanol–water partition coefficient (Wildman–Crippen LogP) is 1.32. The van der Waals surface area contributed by atoms with Gasteiger partial charge in [-0.25, -0.2) is 4.98 Å². The van der Waals surface area contributed by atoms with E-state index >= 15 is 0 Å². The largest absolute Gasteiger partial charge is 0.341 e. The summed E-state index contributed by atoms with van der Waals surface area (Å²) >= 11 is 5.95. The highest BCUT2D eigenvalue weighted by molar-refractivity contribution is 6.33. The normalized spacial score (nSPS) is 14.3. The van der Waals surface area contributed by atoms with Crippen molar-refractivity contribution in [1.29, 1.82) is 0 Å². The van der Waals surface area contributed by atoms with Crippen LogP contribution in [-0.2, 0) is 4.79 Å². The standard InChI is InChI=1S/C11H15ClN6O/c1-3-5(2)6(13)10(19)18-11-16-8(12)7-9(17-11)15-4-14-7/h4-6H,3,13H2,1-2H3,(H2,14,15,16,17,18,19). The molecule has 2 rings (SSSR count). The second kappa shape index (κ2) is 5.50. The highest BCUT2D eigenvalue weighted by Crippen LogP contribution is 2.18. The highest BCUT2D eigenvalue weighted by atomic mass is 35.5. The average Bonchev–Trinajstić information content (AvgIpc) is 2.85. The number of amides is 1. The van der Waals surface area contributed by atoms with Gasteiger partial charge in [0.2, 0.25) is 11.9 Å². The van der Waals surface area contributed by atoms with Gasteiger partial charge in [0.05, 0.1) is 12.4 Å². The van der Waals surface area contributed by atoms with E-state index < -0.39 is 6.04 Å². The van der Waals surface area contributed by atoms with Crippen LogP contribution in [0.25, 0.3) is 11.2 Å². The molecule has 1 amide bonds. The molecule has 2 aromatic rings. The number of imidazole rings is 1. The lowest BCUT2D eigenvalue weighted by Gasteiger charge is -2.16. The van der Waals surface area contributed by atoms with Gasteiger partial charge in [0, 0.05) is 0 Å². The van der Waals surface area contributed by atoms with E-state index in [9.17, 15) is 4.79 Å². The van der Waals surface area contributed by atoms with Crippen LogP contribution in [0.2, 0.25) is 5.15 Å². The van der Waals surface area contributed by atoms with E-state index in [0.29, 0.717) is 11.2 Å². The number of rotatable bonds is 4. The molecule has 19 heavy (non-hydrogen) atoms. The Labute approximate surface area is 115 Å². The van der Waals surface area contributed by atoms with Gasteiger partial charge in [-0.15, -0.1) is 0 Å². The van der Waals surface area contributed by atoms with Crippen LogP contribution in [0.3, 0.4) is 0 Å². The fourth-order valence-corrected chi connectivity index (χ4v) is 1.78. The Bertz CT molecular complexity index is 598. The van der Waals surface area contributed by atoms with Gasteiger partial charge in [0.1, 0.15) is 5.52 Å². The average molecular weight is 283 g/mol. The van der Waals surface area contributed by atoms with E-state index in [2.05, 4.69) is 25.3 Å². The van der Waals surface area contributed by atoms with Gasteiger partial charge in [0.25, 0.3) is 0 Å². The fourth-order valence-electron chi connectivity index (χ4n) is 1.56. The number of hydrogen-bond donors (Lipinski definition) is 3. The van der Waals surface area contributed by atoms with Gasteiger partial charge in [-0.2, -0.15) is 9.97 Å². The third-order valence-corrected chi connectivity index (χ3v) is 3.31. The van der Waals surface area contributed by atoms with E-state index in [-0.39, 0.29) is 22.9 Å². The molecule has 0 spiro atoms. The minimum Gasteiger partial charge on any atom is -0.341 e. The number of fused-ring (bicyclic) bond motifs is 1. The molecule has 4 N–H and O–H groups in total. The smallest absolute Gasteiger partial charge is 0.243 e. The minimum atomic E-state index is -0.609. The van der Waals surface area contributed by atoms with Crippen molar-refractivity contribution in [2.45, 2.75) is 26.3 Å². The number of aromatic amines is 1. The van der Waals surface area contributed by atoms with Gasteiger partial charge in [-0.3, -0.25) is 10.1 Å². The fraction of sp³-hybridized carbons (Fsp3) is 0.455. The molecule has 0 saturated carbocycles. The molecule has 7 nitrogen and oxygen atoms in total. The Hall–Kier alpha value is -1.73. The molecule has 0 aliphatic carbocycles. The van der Waals surface area contributed by atoms with Crippen LogP contribution in [0.5, 0.6) is 0 Å². The zero-order valence-electron chi connectivity index (χ0n) is 10.6. The second-order valence-electron chi connectivity index (χ2n) is 4.34. The highest BCUT2D eigenvalue weighted by Gasteiger charge is 2.20. The van der Waals surface area contributed by atoms with Gasteiger partial charge < -0.3 is 10.7 Å². The predicted molar refractivity (Wildman–Crippen MR) is 72.8 cm³/mol. The molecule has 8 heteroatoms. The zero-order valence-corrected chi connectivity index (χ0v) is 11.4. The van der Waals surface area contributed by atoms with E-state index in [4.69, 9.17) is 17.3 Å². The number of halogens is 1. The lowest BCUT2D eigenvalue weighted by molar-refractivity contribution is -0.118. The summed E-state index contributed by atoms with van der Waals surface area (Å²) in [5.41, 5.74) is 6.76. The summed E-state index contributed by atoms with van der Waals surface area (Å²) in [6.45, 7) is 3.88. The molecule has 0 bridgehead atoms. The van der Waals surface area contributed by atoms with E-state index in [1.165, 1.54) is 6.33 Å². The molecule has 2 aromatic heterocycles. The molecule has 0 fully saturated rings. The zero-order chi connectivity index (χ0) is 14.0. The summed E-state index contributed by atoms with van der Waals surface area (Å²) in [6, 6.07) is -0.609. The summed E-state index contributed by atoms with van der Waals surface area (Å²) in [5.74, 6) is -0.154. The van der Waals surface area contributed by atoms with Crippen molar-refractivity contribution in [3.05, 3.63) is 11.5 Å². The molecule has 2 atom stereocenters. The van der Waals surface area contributed by atoms with E-state index in [1.54, 1.807) is 0 Å². The first-order valence-electron chi connectivity index (χ1n) is 5.96. The number of nitrogens with two attached hydrogens (primary N) is 1. The molecular weight excluding hydrogens is 268 g/mol. The van der Waals surface area contributed by atoms with Gasteiger partial charge >= 0.3 is 0 Å². The molecule has 2 unspecified atom stereocenters. The first kappa shape index (κ1) is 13.7. The quantitative estimate of drug-likeness (QED) is 0.733. The number of nitrogens with one attached hydrogen (secondary N) is 2. The van der Waals surface area contributed by atoms with Crippen molar-refractivity contribution in [2.24, 2.45) is 11.7 Å². The van der Waals surface area contributed by atoms with Crippen molar-refractivity contribution < 1.29 is 4.79 Å². The first-order valence-corrected chi connectivity index (χ1v) is 6.33. The topological polar surface area (TPSA) is 110 Å². The Kier molecular flexibility index (Phi) is 3.96. The van der Waals surface area contributed by atoms with Crippen LogP contribution in [-0.4, -0.2) is 31.9 Å². The molecule has 102 valence electrons. The molecule has 0 aliphatic heterocycles. The maximum absolute atomic E-state index is 11.9. The van der Waals surface area contributed by atoms with E-state index in [0.717, 1.165) is 6.42 Å². The van der Waals surface area contributed by atoms with E-state index in [1.807, 2.05) is 13.8 Å². The van der Waals surface area contributed by atoms with Crippen LogP contribution in [0, 0.1) is 5.92 Å². The molecule has 0 aliphatic rings. The van der Waals surface area contributed by atoms with Crippen LogP contribution < -0.4 is 11.1 Å². The number of aromatic nitrogens is 4. The summed E-state index contributed by atoms with van der Waals surface area (Å²) in [6.07, 6.45) is 2.27. The lowest BCUT2D eigenvalue weighted by Crippen LogP contribution is -2.41. The van der Waals surface area contributed by atoms with Crippen molar-refractivity contribution in [3.8, 4) is 0 Å². The molecular formula is C11H15ClN6O. The molecule has 0 saturated heterocycles. The molecule has 2 heterocycles.